The predicted octanol–water partition coefficient (Wildman–Crippen LogP) is 4.44. The molecule has 4 aliphatic carbocycles. The molecule has 4 bridgehead atoms. The first-order chi connectivity index (χ1) is 5.23. The van der Waals surface area contributed by atoms with Crippen molar-refractivity contribution in [3.63, 3.8) is 0 Å². The molecular weight excluding hydrogens is 194 g/mol. The van der Waals surface area contributed by atoms with E-state index in [1.54, 1.807) is 38.5 Å². The second-order valence-electron chi connectivity index (χ2n) is 5.73. The minimum absolute atomic E-state index is 0. The summed E-state index contributed by atoms with van der Waals surface area (Å²) in [5.41, 5.74) is 0.800. The maximum absolute atomic E-state index is 2.54. The van der Waals surface area contributed by atoms with Crippen LogP contribution in [0.3, 0.4) is 0 Å². The zero-order valence-corrected chi connectivity index (χ0v) is 9.41. The van der Waals surface area contributed by atoms with Crippen LogP contribution in [0.2, 0.25) is 0 Å². The molecule has 0 radical (unpaired) electrons. The van der Waals surface area contributed by atoms with Gasteiger partial charge in [-0.25, -0.2) is 0 Å². The molecule has 4 rings (SSSR count). The van der Waals surface area contributed by atoms with E-state index >= 15 is 0 Å². The van der Waals surface area contributed by atoms with Gasteiger partial charge in [0.15, 0.2) is 0 Å². The van der Waals surface area contributed by atoms with Crippen LogP contribution in [0.15, 0.2) is 0 Å². The summed E-state index contributed by atoms with van der Waals surface area (Å²) in [6.45, 7) is 2.54. The van der Waals surface area contributed by atoms with Crippen LogP contribution in [-0.2, 0) is 0 Å². The SMILES string of the molecule is C.CC12CC3CC(CC(C3)C1)C2.Cl.N. The Balaban J connectivity index is 0.000000563. The van der Waals surface area contributed by atoms with E-state index in [-0.39, 0.29) is 26.0 Å². The van der Waals surface area contributed by atoms with Crippen LogP contribution in [0.25, 0.3) is 0 Å². The Kier molecular flexibility index (Phi) is 4.48. The van der Waals surface area contributed by atoms with Crippen LogP contribution in [0, 0.1) is 23.2 Å². The standard InChI is InChI=1S/C11H18.CH4.ClH.H3N/c1-11-5-8-2-9(6-11)4-10(3-8)7-11;;;/h8-10H,2-7H2,1H3;1H4;1H;1H3. The summed E-state index contributed by atoms with van der Waals surface area (Å²) >= 11 is 0. The van der Waals surface area contributed by atoms with Crippen molar-refractivity contribution in [3.8, 4) is 0 Å². The molecule has 1 nitrogen and oxygen atoms in total. The highest BCUT2D eigenvalue weighted by atomic mass is 35.5. The summed E-state index contributed by atoms with van der Waals surface area (Å²) in [6, 6.07) is 0. The summed E-state index contributed by atoms with van der Waals surface area (Å²) in [6.07, 6.45) is 9.48. The van der Waals surface area contributed by atoms with Gasteiger partial charge in [0.25, 0.3) is 0 Å². The van der Waals surface area contributed by atoms with Gasteiger partial charge in [-0.1, -0.05) is 14.4 Å². The van der Waals surface area contributed by atoms with Gasteiger partial charge in [-0.3, -0.25) is 0 Å². The lowest BCUT2D eigenvalue weighted by Crippen LogP contribution is -2.44. The highest BCUT2D eigenvalue weighted by Gasteiger charge is 2.48. The molecule has 4 aliphatic rings. The first-order valence-electron chi connectivity index (χ1n) is 5.23. The molecule has 3 N–H and O–H groups in total. The van der Waals surface area contributed by atoms with Gasteiger partial charge < -0.3 is 6.15 Å². The molecule has 0 amide bonds. The van der Waals surface area contributed by atoms with Gasteiger partial charge in [0.1, 0.15) is 0 Å². The smallest absolute Gasteiger partial charge is 0.0318 e. The zero-order chi connectivity index (χ0) is 7.47. The van der Waals surface area contributed by atoms with Gasteiger partial charge in [0.2, 0.25) is 0 Å². The number of rotatable bonds is 0. The topological polar surface area (TPSA) is 35.0 Å². The van der Waals surface area contributed by atoms with Crippen molar-refractivity contribution in [2.24, 2.45) is 23.2 Å². The van der Waals surface area contributed by atoms with E-state index in [1.165, 1.54) is 0 Å². The van der Waals surface area contributed by atoms with Crippen molar-refractivity contribution < 1.29 is 0 Å². The van der Waals surface area contributed by atoms with Crippen LogP contribution in [0.4, 0.5) is 0 Å². The molecule has 14 heavy (non-hydrogen) atoms. The van der Waals surface area contributed by atoms with Gasteiger partial charge in [-0.15, -0.1) is 12.4 Å². The molecule has 86 valence electrons. The molecule has 0 aromatic rings. The summed E-state index contributed by atoms with van der Waals surface area (Å²) < 4.78 is 0. The Labute approximate surface area is 95.0 Å². The van der Waals surface area contributed by atoms with Crippen LogP contribution in [-0.4, -0.2) is 0 Å². The monoisotopic (exact) mass is 219 g/mol. The summed E-state index contributed by atoms with van der Waals surface area (Å²) in [7, 11) is 0. The van der Waals surface area contributed by atoms with E-state index in [0.717, 1.165) is 23.2 Å². The summed E-state index contributed by atoms with van der Waals surface area (Å²) in [5.74, 6) is 3.43. The van der Waals surface area contributed by atoms with Gasteiger partial charge >= 0.3 is 0 Å². The van der Waals surface area contributed by atoms with Crippen molar-refractivity contribution >= 4 is 12.4 Å². The van der Waals surface area contributed by atoms with E-state index < -0.39 is 0 Å². The van der Waals surface area contributed by atoms with Crippen LogP contribution in [0.1, 0.15) is 52.9 Å². The molecule has 0 spiro atoms. The summed E-state index contributed by atoms with van der Waals surface area (Å²) in [4.78, 5) is 0. The molecular formula is C12H26ClN. The molecule has 0 unspecified atom stereocenters. The van der Waals surface area contributed by atoms with Gasteiger partial charge in [0.05, 0.1) is 0 Å². The second-order valence-corrected chi connectivity index (χ2v) is 5.73. The number of hydrogen-bond acceptors (Lipinski definition) is 1. The average molecular weight is 220 g/mol. The lowest BCUT2D eigenvalue weighted by molar-refractivity contribution is -0.0411. The van der Waals surface area contributed by atoms with E-state index in [9.17, 15) is 0 Å². The normalized spacial score (nSPS) is 47.4. The minimum Gasteiger partial charge on any atom is -0.344 e. The lowest BCUT2D eigenvalue weighted by atomic mass is 9.50. The largest absolute Gasteiger partial charge is 0.344 e. The van der Waals surface area contributed by atoms with Crippen molar-refractivity contribution in [2.45, 2.75) is 52.9 Å². The van der Waals surface area contributed by atoms with Crippen molar-refractivity contribution in [1.82, 2.24) is 6.15 Å². The second kappa shape index (κ2) is 4.40. The minimum atomic E-state index is 0. The van der Waals surface area contributed by atoms with Crippen LogP contribution < -0.4 is 6.15 Å². The Morgan fingerprint density at radius 1 is 0.857 bits per heavy atom. The van der Waals surface area contributed by atoms with E-state index in [2.05, 4.69) is 6.92 Å². The Morgan fingerprint density at radius 3 is 1.36 bits per heavy atom. The van der Waals surface area contributed by atoms with Crippen LogP contribution >= 0.6 is 12.4 Å². The van der Waals surface area contributed by atoms with E-state index in [4.69, 9.17) is 0 Å². The first-order valence-corrected chi connectivity index (χ1v) is 5.23. The Morgan fingerprint density at radius 2 is 1.14 bits per heavy atom. The van der Waals surface area contributed by atoms with Crippen molar-refractivity contribution in [3.05, 3.63) is 0 Å². The third-order valence-corrected chi connectivity index (χ3v) is 4.34. The fourth-order valence-electron chi connectivity index (χ4n) is 4.54. The fourth-order valence-corrected chi connectivity index (χ4v) is 4.54. The fraction of sp³-hybridized carbons (Fsp3) is 1.00. The molecule has 4 saturated carbocycles. The maximum Gasteiger partial charge on any atom is -0.0318 e. The van der Waals surface area contributed by atoms with Crippen molar-refractivity contribution in [2.75, 3.05) is 0 Å². The first kappa shape index (κ1) is 14.2. The summed E-state index contributed by atoms with van der Waals surface area (Å²) in [5, 5.41) is 0. The molecule has 0 aromatic heterocycles. The van der Waals surface area contributed by atoms with Crippen molar-refractivity contribution in [1.29, 1.82) is 0 Å². The van der Waals surface area contributed by atoms with Gasteiger partial charge in [-0.2, -0.15) is 0 Å². The molecule has 4 fully saturated rings. The maximum atomic E-state index is 2.54. The Hall–Kier alpha value is 0.250. The van der Waals surface area contributed by atoms with E-state index in [0.29, 0.717) is 0 Å². The number of hydrogen-bond donors (Lipinski definition) is 1. The Bertz CT molecular complexity index is 155. The molecule has 0 aromatic carbocycles. The van der Waals surface area contributed by atoms with Crippen LogP contribution in [0.5, 0.6) is 0 Å². The molecule has 2 heteroatoms. The van der Waals surface area contributed by atoms with Gasteiger partial charge in [0, 0.05) is 0 Å². The third kappa shape index (κ3) is 2.09. The van der Waals surface area contributed by atoms with E-state index in [1.807, 2.05) is 0 Å². The average Bonchev–Trinajstić information content (AvgIpc) is 1.79. The lowest BCUT2D eigenvalue weighted by Gasteiger charge is -2.55. The highest BCUT2D eigenvalue weighted by molar-refractivity contribution is 5.85. The third-order valence-electron chi connectivity index (χ3n) is 4.34. The highest BCUT2D eigenvalue weighted by Crippen LogP contribution is 2.59. The number of halogens is 1. The molecule has 0 heterocycles. The van der Waals surface area contributed by atoms with Gasteiger partial charge in [-0.05, 0) is 61.7 Å². The zero-order valence-electron chi connectivity index (χ0n) is 8.59. The quantitative estimate of drug-likeness (QED) is 0.642. The predicted molar refractivity (Wildman–Crippen MR) is 65.3 cm³/mol. The molecule has 0 saturated heterocycles. The molecule has 0 atom stereocenters. The molecule has 0 aliphatic heterocycles.